The van der Waals surface area contributed by atoms with E-state index in [1.165, 1.54) is 16.8 Å². The largest absolute Gasteiger partial charge is 0.401 e. The summed E-state index contributed by atoms with van der Waals surface area (Å²) in [4.78, 5) is 6.70. The fourth-order valence-electron chi connectivity index (χ4n) is 2.08. The molecule has 132 valence electrons. The molecule has 1 atom stereocenters. The van der Waals surface area contributed by atoms with Crippen molar-refractivity contribution in [3.8, 4) is 0 Å². The number of hydrogen-bond donors (Lipinski definition) is 2. The predicted molar refractivity (Wildman–Crippen MR) is 90.3 cm³/mol. The van der Waals surface area contributed by atoms with Crippen molar-refractivity contribution in [1.82, 2.24) is 15.5 Å². The van der Waals surface area contributed by atoms with Crippen LogP contribution in [0.3, 0.4) is 0 Å². The van der Waals surface area contributed by atoms with Crippen LogP contribution in [0.1, 0.15) is 24.1 Å². The number of aliphatic imine (C=N–C) groups is 1. The van der Waals surface area contributed by atoms with Gasteiger partial charge in [-0.3, -0.25) is 9.89 Å². The van der Waals surface area contributed by atoms with Gasteiger partial charge in [0.05, 0.1) is 6.54 Å². The highest BCUT2D eigenvalue weighted by Gasteiger charge is 2.28. The minimum atomic E-state index is -4.14. The highest BCUT2D eigenvalue weighted by atomic mass is 32.1. The Morgan fingerprint density at radius 3 is 2.70 bits per heavy atom. The molecular weight excluding hydrogens is 325 g/mol. The molecule has 0 aliphatic heterocycles. The Morgan fingerprint density at radius 1 is 1.39 bits per heavy atom. The van der Waals surface area contributed by atoms with E-state index >= 15 is 0 Å². The van der Waals surface area contributed by atoms with E-state index in [9.17, 15) is 13.2 Å². The van der Waals surface area contributed by atoms with Gasteiger partial charge in [0, 0.05) is 30.9 Å². The van der Waals surface area contributed by atoms with Crippen molar-refractivity contribution in [3.05, 3.63) is 22.4 Å². The molecule has 8 heteroatoms. The second kappa shape index (κ2) is 9.77. The van der Waals surface area contributed by atoms with Gasteiger partial charge >= 0.3 is 6.18 Å². The molecule has 1 heterocycles. The molecule has 0 bridgehead atoms. The Labute approximate surface area is 139 Å². The molecule has 1 aromatic heterocycles. The molecule has 4 nitrogen and oxygen atoms in total. The van der Waals surface area contributed by atoms with Gasteiger partial charge < -0.3 is 10.6 Å². The molecule has 1 aromatic rings. The zero-order valence-corrected chi connectivity index (χ0v) is 14.6. The zero-order valence-electron chi connectivity index (χ0n) is 13.8. The van der Waals surface area contributed by atoms with E-state index in [2.05, 4.69) is 34.0 Å². The van der Waals surface area contributed by atoms with Crippen molar-refractivity contribution in [2.24, 2.45) is 4.99 Å². The first-order chi connectivity index (χ1) is 10.8. The Morgan fingerprint density at radius 2 is 2.13 bits per heavy atom. The third kappa shape index (κ3) is 8.80. The maximum Gasteiger partial charge on any atom is 0.401 e. The Bertz CT molecular complexity index is 460. The number of alkyl halides is 3. The zero-order chi connectivity index (χ0) is 17.3. The summed E-state index contributed by atoms with van der Waals surface area (Å²) in [6, 6.07) is 4.13. The highest BCUT2D eigenvalue weighted by molar-refractivity contribution is 7.10. The number of guanidine groups is 1. The van der Waals surface area contributed by atoms with Crippen LogP contribution in [0.15, 0.2) is 22.5 Å². The number of hydrogen-bond acceptors (Lipinski definition) is 3. The van der Waals surface area contributed by atoms with Crippen molar-refractivity contribution < 1.29 is 13.2 Å². The van der Waals surface area contributed by atoms with Crippen LogP contribution in [-0.4, -0.2) is 57.3 Å². The van der Waals surface area contributed by atoms with Crippen LogP contribution in [0.4, 0.5) is 13.2 Å². The second-order valence-electron chi connectivity index (χ2n) is 5.50. The molecule has 1 unspecified atom stereocenters. The van der Waals surface area contributed by atoms with Gasteiger partial charge in [0.15, 0.2) is 5.96 Å². The van der Waals surface area contributed by atoms with Crippen molar-refractivity contribution in [2.45, 2.75) is 25.4 Å². The Kier molecular flexibility index (Phi) is 8.40. The van der Waals surface area contributed by atoms with Gasteiger partial charge in [0.25, 0.3) is 0 Å². The molecular formula is C15H25F3N4S. The fraction of sp³-hybridized carbons (Fsp3) is 0.667. The van der Waals surface area contributed by atoms with Gasteiger partial charge in [-0.2, -0.15) is 13.2 Å². The van der Waals surface area contributed by atoms with E-state index in [1.807, 2.05) is 6.07 Å². The van der Waals surface area contributed by atoms with Gasteiger partial charge in [0.1, 0.15) is 0 Å². The minimum absolute atomic E-state index is 0.381. The summed E-state index contributed by atoms with van der Waals surface area (Å²) < 4.78 is 36.6. The van der Waals surface area contributed by atoms with Gasteiger partial charge in [-0.05, 0) is 31.5 Å². The number of halogens is 3. The average Bonchev–Trinajstić information content (AvgIpc) is 2.98. The predicted octanol–water partition coefficient (Wildman–Crippen LogP) is 2.90. The van der Waals surface area contributed by atoms with Crippen LogP contribution in [0.25, 0.3) is 0 Å². The number of nitrogens with one attached hydrogen (secondary N) is 2. The van der Waals surface area contributed by atoms with Crippen LogP contribution in [0.5, 0.6) is 0 Å². The lowest BCUT2D eigenvalue weighted by Gasteiger charge is -2.19. The summed E-state index contributed by atoms with van der Waals surface area (Å²) in [7, 11) is 3.16. The van der Waals surface area contributed by atoms with Crippen LogP contribution < -0.4 is 10.6 Å². The third-order valence-electron chi connectivity index (χ3n) is 3.29. The second-order valence-corrected chi connectivity index (χ2v) is 6.48. The molecule has 0 aromatic carbocycles. The summed E-state index contributed by atoms with van der Waals surface area (Å²) in [5.41, 5.74) is 0. The van der Waals surface area contributed by atoms with Crippen molar-refractivity contribution in [3.63, 3.8) is 0 Å². The topological polar surface area (TPSA) is 39.7 Å². The SMILES string of the molecule is CN=C(NCCCN(C)CC(F)(F)F)NCC(C)c1cccs1. The molecule has 0 spiro atoms. The van der Waals surface area contributed by atoms with Crippen LogP contribution in [0, 0.1) is 0 Å². The molecule has 0 saturated carbocycles. The summed E-state index contributed by atoms with van der Waals surface area (Å²) >= 11 is 1.72. The van der Waals surface area contributed by atoms with E-state index in [-0.39, 0.29) is 0 Å². The number of nitrogens with zero attached hydrogens (tertiary/aromatic N) is 2. The minimum Gasteiger partial charge on any atom is -0.356 e. The van der Waals surface area contributed by atoms with Gasteiger partial charge in [-0.25, -0.2) is 0 Å². The van der Waals surface area contributed by atoms with Gasteiger partial charge in [-0.15, -0.1) is 11.3 Å². The van der Waals surface area contributed by atoms with E-state index in [0.717, 1.165) is 6.54 Å². The maximum absolute atomic E-state index is 12.2. The van der Waals surface area contributed by atoms with E-state index in [4.69, 9.17) is 0 Å². The average molecular weight is 350 g/mol. The van der Waals surface area contributed by atoms with Crippen LogP contribution in [-0.2, 0) is 0 Å². The monoisotopic (exact) mass is 350 g/mol. The molecule has 23 heavy (non-hydrogen) atoms. The summed E-state index contributed by atoms with van der Waals surface area (Å²) in [5, 5.41) is 8.41. The maximum atomic E-state index is 12.2. The third-order valence-corrected chi connectivity index (χ3v) is 4.39. The lowest BCUT2D eigenvalue weighted by molar-refractivity contribution is -0.143. The summed E-state index contributed by atoms with van der Waals surface area (Å²) in [6.07, 6.45) is -3.52. The first-order valence-corrected chi connectivity index (χ1v) is 8.43. The fourth-order valence-corrected chi connectivity index (χ4v) is 2.87. The molecule has 0 saturated heterocycles. The number of rotatable bonds is 8. The molecule has 0 amide bonds. The van der Waals surface area contributed by atoms with Gasteiger partial charge in [-0.1, -0.05) is 13.0 Å². The van der Waals surface area contributed by atoms with Crippen molar-refractivity contribution in [2.75, 3.05) is 40.3 Å². The first-order valence-electron chi connectivity index (χ1n) is 7.55. The number of thiophene rings is 1. The lowest BCUT2D eigenvalue weighted by Crippen LogP contribution is -2.40. The molecule has 0 radical (unpaired) electrons. The Balaban J connectivity index is 2.19. The van der Waals surface area contributed by atoms with E-state index in [0.29, 0.717) is 31.4 Å². The molecule has 0 aliphatic carbocycles. The normalized spacial score (nSPS) is 14.1. The van der Waals surface area contributed by atoms with Crippen molar-refractivity contribution in [1.29, 1.82) is 0 Å². The summed E-state index contributed by atoms with van der Waals surface area (Å²) in [5.74, 6) is 1.05. The molecule has 0 aliphatic rings. The molecule has 2 N–H and O–H groups in total. The van der Waals surface area contributed by atoms with E-state index < -0.39 is 12.7 Å². The van der Waals surface area contributed by atoms with E-state index in [1.54, 1.807) is 18.4 Å². The standard InChI is InChI=1S/C15H25F3N4S/c1-12(13-6-4-9-23-13)10-21-14(19-2)20-7-5-8-22(3)11-15(16,17)18/h4,6,9,12H,5,7-8,10-11H2,1-3H3,(H2,19,20,21). The van der Waals surface area contributed by atoms with Crippen LogP contribution in [0.2, 0.25) is 0 Å². The van der Waals surface area contributed by atoms with Gasteiger partial charge in [0.2, 0.25) is 0 Å². The molecule has 1 rings (SSSR count). The highest BCUT2D eigenvalue weighted by Crippen LogP contribution is 2.19. The quantitative estimate of drug-likeness (QED) is 0.430. The first kappa shape index (κ1) is 19.8. The van der Waals surface area contributed by atoms with Crippen molar-refractivity contribution >= 4 is 17.3 Å². The Hall–Kier alpha value is -1.28. The summed E-state index contributed by atoms with van der Waals surface area (Å²) in [6.45, 7) is 2.98. The van der Waals surface area contributed by atoms with Crippen LogP contribution >= 0.6 is 11.3 Å². The smallest absolute Gasteiger partial charge is 0.356 e. The molecule has 0 fully saturated rings. The lowest BCUT2D eigenvalue weighted by atomic mass is 10.1.